The van der Waals surface area contributed by atoms with E-state index in [0.29, 0.717) is 30.3 Å². The Kier molecular flexibility index (Phi) is 5.62. The summed E-state index contributed by atoms with van der Waals surface area (Å²) in [5.41, 5.74) is 2.68. The van der Waals surface area contributed by atoms with Gasteiger partial charge in [-0.25, -0.2) is 4.68 Å². The second-order valence-electron chi connectivity index (χ2n) is 6.42. The van der Waals surface area contributed by atoms with Crippen molar-refractivity contribution < 1.29 is 4.79 Å². The molecule has 0 fully saturated rings. The Balaban J connectivity index is 1.24. The number of thiophene rings is 1. The lowest BCUT2D eigenvalue weighted by molar-refractivity contribution is 0.0955. The van der Waals surface area contributed by atoms with Crippen LogP contribution in [0.2, 0.25) is 0 Å². The molecule has 0 aliphatic carbocycles. The molecular weight excluding hydrogens is 384 g/mol. The first-order chi connectivity index (χ1) is 14.2. The van der Waals surface area contributed by atoms with Gasteiger partial charge < -0.3 is 10.6 Å². The van der Waals surface area contributed by atoms with Crippen molar-refractivity contribution in [2.45, 2.75) is 6.92 Å². The maximum atomic E-state index is 12.3. The molecule has 146 valence electrons. The Labute approximate surface area is 172 Å². The normalized spacial score (nSPS) is 10.7. The number of benzene rings is 1. The summed E-state index contributed by atoms with van der Waals surface area (Å²) in [6, 6.07) is 17.3. The first-order valence-corrected chi connectivity index (χ1v) is 10.1. The van der Waals surface area contributed by atoms with Gasteiger partial charge in [0.25, 0.3) is 5.91 Å². The third-order valence-electron chi connectivity index (χ3n) is 4.28. The zero-order valence-corrected chi connectivity index (χ0v) is 16.7. The minimum Gasteiger partial charge on any atom is -0.367 e. The van der Waals surface area contributed by atoms with Crippen LogP contribution in [0.3, 0.4) is 0 Å². The van der Waals surface area contributed by atoms with Crippen LogP contribution in [0.1, 0.15) is 16.1 Å². The van der Waals surface area contributed by atoms with Gasteiger partial charge in [0.05, 0.1) is 5.69 Å². The van der Waals surface area contributed by atoms with Crippen molar-refractivity contribution in [1.82, 2.24) is 25.3 Å². The summed E-state index contributed by atoms with van der Waals surface area (Å²) in [6.45, 7) is 2.95. The number of hydrogen-bond donors (Lipinski definition) is 2. The summed E-state index contributed by atoms with van der Waals surface area (Å²) in [5, 5.41) is 20.7. The Morgan fingerprint density at radius 1 is 1.03 bits per heavy atom. The summed E-state index contributed by atoms with van der Waals surface area (Å²) >= 11 is 1.68. The van der Waals surface area contributed by atoms with E-state index in [9.17, 15) is 4.79 Å². The first kappa shape index (κ1) is 18.8. The molecule has 8 heteroatoms. The van der Waals surface area contributed by atoms with Gasteiger partial charge in [0.1, 0.15) is 5.82 Å². The molecule has 7 nitrogen and oxygen atoms in total. The van der Waals surface area contributed by atoms with Gasteiger partial charge >= 0.3 is 0 Å². The molecule has 3 aromatic heterocycles. The van der Waals surface area contributed by atoms with E-state index in [2.05, 4.69) is 32.0 Å². The molecule has 0 unspecified atom stereocenters. The molecule has 29 heavy (non-hydrogen) atoms. The number of carbonyl (C=O) groups is 1. The lowest BCUT2D eigenvalue weighted by atomic mass is 10.1. The zero-order valence-electron chi connectivity index (χ0n) is 15.9. The molecular formula is C21H20N6OS. The van der Waals surface area contributed by atoms with Crippen LogP contribution in [0.4, 0.5) is 5.82 Å². The predicted octanol–water partition coefficient (Wildman–Crippen LogP) is 3.54. The number of aryl methyl sites for hydroxylation is 1. The van der Waals surface area contributed by atoms with Crippen molar-refractivity contribution in [3.8, 4) is 16.3 Å². The largest absolute Gasteiger partial charge is 0.367 e. The molecule has 2 N–H and O–H groups in total. The Bertz CT molecular complexity index is 1070. The number of hydrogen-bond acceptors (Lipinski definition) is 6. The van der Waals surface area contributed by atoms with E-state index in [4.69, 9.17) is 0 Å². The van der Waals surface area contributed by atoms with Gasteiger partial charge in [0.2, 0.25) is 0 Å². The lowest BCUT2D eigenvalue weighted by Crippen LogP contribution is -2.28. The van der Waals surface area contributed by atoms with Crippen molar-refractivity contribution in [2.24, 2.45) is 0 Å². The molecule has 0 radical (unpaired) electrons. The second kappa shape index (κ2) is 8.66. The van der Waals surface area contributed by atoms with E-state index in [-0.39, 0.29) is 5.91 Å². The Morgan fingerprint density at radius 2 is 1.90 bits per heavy atom. The molecule has 0 atom stereocenters. The SMILES string of the molecule is Cc1ccn(-c2ccc(NCCNC(=O)c3ccc(-c4cccs4)cc3)nn2)n1. The fraction of sp³-hybridized carbons (Fsp3) is 0.143. The number of anilines is 1. The molecule has 0 spiro atoms. The molecule has 0 saturated heterocycles. The quantitative estimate of drug-likeness (QED) is 0.460. The molecule has 1 amide bonds. The summed E-state index contributed by atoms with van der Waals surface area (Å²) in [4.78, 5) is 13.5. The van der Waals surface area contributed by atoms with E-state index >= 15 is 0 Å². The van der Waals surface area contributed by atoms with Crippen molar-refractivity contribution >= 4 is 23.1 Å². The van der Waals surface area contributed by atoms with Crippen molar-refractivity contribution in [3.05, 3.63) is 77.4 Å². The second-order valence-corrected chi connectivity index (χ2v) is 7.36. The van der Waals surface area contributed by atoms with Crippen LogP contribution in [0.15, 0.2) is 66.2 Å². The van der Waals surface area contributed by atoms with Gasteiger partial charge in [-0.2, -0.15) is 5.10 Å². The zero-order chi connectivity index (χ0) is 20.1. The predicted molar refractivity (Wildman–Crippen MR) is 114 cm³/mol. The maximum Gasteiger partial charge on any atom is 0.251 e. The van der Waals surface area contributed by atoms with Crippen LogP contribution in [-0.4, -0.2) is 39.0 Å². The molecule has 0 saturated carbocycles. The van der Waals surface area contributed by atoms with Crippen LogP contribution in [0.25, 0.3) is 16.3 Å². The van der Waals surface area contributed by atoms with Gasteiger partial charge in [-0.05, 0) is 54.3 Å². The smallest absolute Gasteiger partial charge is 0.251 e. The van der Waals surface area contributed by atoms with Gasteiger partial charge in [0, 0.05) is 29.7 Å². The van der Waals surface area contributed by atoms with Crippen molar-refractivity contribution in [2.75, 3.05) is 18.4 Å². The first-order valence-electron chi connectivity index (χ1n) is 9.21. The highest BCUT2D eigenvalue weighted by atomic mass is 32.1. The van der Waals surface area contributed by atoms with Crippen LogP contribution in [0, 0.1) is 6.92 Å². The fourth-order valence-electron chi connectivity index (χ4n) is 2.78. The van der Waals surface area contributed by atoms with Gasteiger partial charge in [0.15, 0.2) is 5.82 Å². The number of rotatable bonds is 7. The van der Waals surface area contributed by atoms with Crippen molar-refractivity contribution in [3.63, 3.8) is 0 Å². The summed E-state index contributed by atoms with van der Waals surface area (Å²) < 4.78 is 1.68. The molecule has 0 bridgehead atoms. The number of nitrogens with one attached hydrogen (secondary N) is 2. The van der Waals surface area contributed by atoms with Gasteiger partial charge in [-0.15, -0.1) is 21.5 Å². The third kappa shape index (κ3) is 4.67. The minimum atomic E-state index is -0.0972. The third-order valence-corrected chi connectivity index (χ3v) is 5.20. The van der Waals surface area contributed by atoms with E-state index in [1.54, 1.807) is 16.0 Å². The summed E-state index contributed by atoms with van der Waals surface area (Å²) in [5.74, 6) is 1.20. The van der Waals surface area contributed by atoms with Crippen molar-refractivity contribution in [1.29, 1.82) is 0 Å². The average Bonchev–Trinajstić information content (AvgIpc) is 3.44. The molecule has 4 aromatic rings. The highest BCUT2D eigenvalue weighted by Crippen LogP contribution is 2.24. The maximum absolute atomic E-state index is 12.3. The van der Waals surface area contributed by atoms with E-state index in [0.717, 1.165) is 11.3 Å². The standard InChI is InChI=1S/C21H20N6OS/c1-15-10-13-27(26-15)20-9-8-19(24-25-20)22-11-12-23-21(28)17-6-4-16(5-7-17)18-3-2-14-29-18/h2-10,13-14H,11-12H2,1H3,(H,22,24)(H,23,28). The van der Waals surface area contributed by atoms with Crippen LogP contribution < -0.4 is 10.6 Å². The van der Waals surface area contributed by atoms with E-state index < -0.39 is 0 Å². The van der Waals surface area contributed by atoms with Crippen LogP contribution in [-0.2, 0) is 0 Å². The van der Waals surface area contributed by atoms with Gasteiger partial charge in [-0.1, -0.05) is 18.2 Å². The Hall–Kier alpha value is -3.52. The lowest BCUT2D eigenvalue weighted by Gasteiger charge is -2.08. The molecule has 1 aromatic carbocycles. The molecule has 0 aliphatic rings. The van der Waals surface area contributed by atoms with E-state index in [1.165, 1.54) is 4.88 Å². The van der Waals surface area contributed by atoms with E-state index in [1.807, 2.05) is 67.0 Å². The monoisotopic (exact) mass is 404 g/mol. The summed E-state index contributed by atoms with van der Waals surface area (Å²) in [6.07, 6.45) is 1.84. The number of nitrogens with zero attached hydrogens (tertiary/aromatic N) is 4. The van der Waals surface area contributed by atoms with Crippen LogP contribution in [0.5, 0.6) is 0 Å². The minimum absolute atomic E-state index is 0.0972. The highest BCUT2D eigenvalue weighted by molar-refractivity contribution is 7.13. The number of amides is 1. The Morgan fingerprint density at radius 3 is 2.55 bits per heavy atom. The topological polar surface area (TPSA) is 84.7 Å². The average molecular weight is 404 g/mol. The van der Waals surface area contributed by atoms with Crippen LogP contribution >= 0.6 is 11.3 Å². The fourth-order valence-corrected chi connectivity index (χ4v) is 3.51. The molecule has 0 aliphatic heterocycles. The summed E-state index contributed by atoms with van der Waals surface area (Å²) in [7, 11) is 0. The molecule has 4 rings (SSSR count). The van der Waals surface area contributed by atoms with Gasteiger partial charge in [-0.3, -0.25) is 4.79 Å². The highest BCUT2D eigenvalue weighted by Gasteiger charge is 2.06. The molecule has 3 heterocycles. The number of carbonyl (C=O) groups excluding carboxylic acids is 1. The number of aromatic nitrogens is 4.